The summed E-state index contributed by atoms with van der Waals surface area (Å²) in [6.07, 6.45) is 3.44. The summed E-state index contributed by atoms with van der Waals surface area (Å²) in [6, 6.07) is 3.11. The van der Waals surface area contributed by atoms with Crippen molar-refractivity contribution in [2.75, 3.05) is 19.1 Å². The first-order chi connectivity index (χ1) is 8.43. The molecule has 1 unspecified atom stereocenters. The number of rotatable bonds is 6. The number of thioether (sulfide) groups is 1. The van der Waals surface area contributed by atoms with Gasteiger partial charge in [0.15, 0.2) is 5.03 Å². The van der Waals surface area contributed by atoms with Gasteiger partial charge in [-0.3, -0.25) is 0 Å². The van der Waals surface area contributed by atoms with Gasteiger partial charge in [-0.2, -0.15) is 16.1 Å². The van der Waals surface area contributed by atoms with Gasteiger partial charge in [0.05, 0.1) is 0 Å². The van der Waals surface area contributed by atoms with Crippen molar-refractivity contribution in [2.45, 2.75) is 23.9 Å². The van der Waals surface area contributed by atoms with Crippen LogP contribution in [0.4, 0.5) is 0 Å². The summed E-state index contributed by atoms with van der Waals surface area (Å²) in [4.78, 5) is 3.96. The Morgan fingerprint density at radius 2 is 2.17 bits per heavy atom. The number of hydrogen-bond donors (Lipinski definition) is 0. The van der Waals surface area contributed by atoms with Crippen molar-refractivity contribution in [2.24, 2.45) is 0 Å². The number of sulfonamides is 1. The van der Waals surface area contributed by atoms with Gasteiger partial charge < -0.3 is 0 Å². The van der Waals surface area contributed by atoms with Crippen molar-refractivity contribution in [1.82, 2.24) is 9.29 Å². The summed E-state index contributed by atoms with van der Waals surface area (Å²) in [7, 11) is -1.94. The minimum Gasteiger partial charge on any atom is -0.243 e. The molecule has 0 saturated heterocycles. The Hall–Kier alpha value is -0.300. The molecule has 18 heavy (non-hydrogen) atoms. The third-order valence-corrected chi connectivity index (χ3v) is 5.64. The highest BCUT2D eigenvalue weighted by Crippen LogP contribution is 2.16. The second-order valence-electron chi connectivity index (χ2n) is 3.96. The van der Waals surface area contributed by atoms with E-state index in [0.29, 0.717) is 5.88 Å². The molecule has 0 amide bonds. The third kappa shape index (κ3) is 3.60. The molecule has 0 aromatic carbocycles. The molecule has 0 aliphatic rings. The van der Waals surface area contributed by atoms with Crippen LogP contribution < -0.4 is 0 Å². The van der Waals surface area contributed by atoms with Crippen LogP contribution in [0.2, 0.25) is 0 Å². The first-order valence-corrected chi connectivity index (χ1v) is 8.78. The Morgan fingerprint density at radius 1 is 1.50 bits per heavy atom. The van der Waals surface area contributed by atoms with Gasteiger partial charge in [-0.25, -0.2) is 13.4 Å². The average molecular weight is 309 g/mol. The normalized spacial score (nSPS) is 13.8. The Balaban J connectivity index is 2.97. The van der Waals surface area contributed by atoms with Gasteiger partial charge in [-0.1, -0.05) is 6.07 Å². The van der Waals surface area contributed by atoms with E-state index in [9.17, 15) is 8.42 Å². The molecule has 0 saturated carbocycles. The predicted octanol–water partition coefficient (Wildman–Crippen LogP) is 2.19. The minimum absolute atomic E-state index is 0.0619. The zero-order chi connectivity index (χ0) is 13.8. The monoisotopic (exact) mass is 308 g/mol. The van der Waals surface area contributed by atoms with Crippen LogP contribution in [0.3, 0.4) is 0 Å². The van der Waals surface area contributed by atoms with E-state index in [1.165, 1.54) is 16.6 Å². The maximum Gasteiger partial charge on any atom is 0.260 e. The van der Waals surface area contributed by atoms with Crippen molar-refractivity contribution in [3.8, 4) is 0 Å². The van der Waals surface area contributed by atoms with Gasteiger partial charge in [0.25, 0.3) is 10.0 Å². The fraction of sp³-hybridized carbons (Fsp3) is 0.545. The lowest BCUT2D eigenvalue weighted by Crippen LogP contribution is -2.37. The van der Waals surface area contributed by atoms with Crippen LogP contribution in [0.25, 0.3) is 0 Å². The molecule has 102 valence electrons. The van der Waals surface area contributed by atoms with Gasteiger partial charge in [0.1, 0.15) is 0 Å². The van der Waals surface area contributed by atoms with Crippen molar-refractivity contribution in [3.05, 3.63) is 23.9 Å². The molecule has 1 heterocycles. The van der Waals surface area contributed by atoms with E-state index in [-0.39, 0.29) is 11.1 Å². The van der Waals surface area contributed by atoms with Crippen LogP contribution in [0.1, 0.15) is 12.5 Å². The molecule has 7 heteroatoms. The lowest BCUT2D eigenvalue weighted by Gasteiger charge is -2.23. The predicted molar refractivity (Wildman–Crippen MR) is 76.6 cm³/mol. The van der Waals surface area contributed by atoms with E-state index >= 15 is 0 Å². The van der Waals surface area contributed by atoms with Crippen LogP contribution in [-0.2, 0) is 15.9 Å². The minimum atomic E-state index is -3.52. The van der Waals surface area contributed by atoms with E-state index in [0.717, 1.165) is 11.3 Å². The highest BCUT2D eigenvalue weighted by molar-refractivity contribution is 7.98. The molecule has 0 N–H and O–H groups in total. The summed E-state index contributed by atoms with van der Waals surface area (Å²) in [5, 5.41) is 0.0619. The first-order valence-electron chi connectivity index (χ1n) is 5.41. The Bertz CT molecular complexity index is 476. The molecule has 4 nitrogen and oxygen atoms in total. The van der Waals surface area contributed by atoms with Crippen LogP contribution in [0, 0.1) is 0 Å². The SMILES string of the molecule is CSCC(C)N(C)S(=O)(=O)c1ccc(CCl)cn1. The highest BCUT2D eigenvalue weighted by atomic mass is 35.5. The largest absolute Gasteiger partial charge is 0.260 e. The number of nitrogens with zero attached hydrogens (tertiary/aromatic N) is 2. The van der Waals surface area contributed by atoms with Crippen LogP contribution in [-0.4, -0.2) is 42.8 Å². The maximum atomic E-state index is 12.3. The quantitative estimate of drug-likeness (QED) is 0.756. The van der Waals surface area contributed by atoms with E-state index in [1.54, 1.807) is 24.9 Å². The Kier molecular flexibility index (Phi) is 5.91. The van der Waals surface area contributed by atoms with Crippen molar-refractivity contribution in [1.29, 1.82) is 0 Å². The van der Waals surface area contributed by atoms with Crippen molar-refractivity contribution in [3.63, 3.8) is 0 Å². The topological polar surface area (TPSA) is 50.3 Å². The zero-order valence-corrected chi connectivity index (χ0v) is 13.0. The summed E-state index contributed by atoms with van der Waals surface area (Å²) >= 11 is 7.26. The molecular formula is C11H17ClN2O2S2. The molecule has 0 fully saturated rings. The van der Waals surface area contributed by atoms with E-state index in [4.69, 9.17) is 11.6 Å². The fourth-order valence-electron chi connectivity index (χ4n) is 1.37. The number of halogens is 1. The lowest BCUT2D eigenvalue weighted by molar-refractivity contribution is 0.413. The fourth-order valence-corrected chi connectivity index (χ4v) is 3.60. The second-order valence-corrected chi connectivity index (χ2v) is 7.09. The molecule has 1 aromatic rings. The molecule has 0 aliphatic heterocycles. The molecule has 0 aliphatic carbocycles. The Labute approximate surface area is 118 Å². The van der Waals surface area contributed by atoms with Crippen LogP contribution >= 0.6 is 23.4 Å². The third-order valence-electron chi connectivity index (χ3n) is 2.62. The number of hydrogen-bond acceptors (Lipinski definition) is 4. The maximum absolute atomic E-state index is 12.3. The van der Waals surface area contributed by atoms with E-state index in [2.05, 4.69) is 4.98 Å². The van der Waals surface area contributed by atoms with Crippen LogP contribution in [0.5, 0.6) is 0 Å². The van der Waals surface area contributed by atoms with Crippen molar-refractivity contribution < 1.29 is 8.42 Å². The van der Waals surface area contributed by atoms with Gasteiger partial charge in [0, 0.05) is 30.9 Å². The standard InChI is InChI=1S/C11H17ClN2O2S2/c1-9(8-17-3)14(2)18(15,16)11-5-4-10(6-12)7-13-11/h4-5,7,9H,6,8H2,1-3H3. The zero-order valence-electron chi connectivity index (χ0n) is 10.6. The molecular weight excluding hydrogens is 292 g/mol. The van der Waals surface area contributed by atoms with Gasteiger partial charge >= 0.3 is 0 Å². The molecule has 0 bridgehead atoms. The summed E-state index contributed by atoms with van der Waals surface area (Å²) in [5.74, 6) is 1.07. The van der Waals surface area contributed by atoms with Gasteiger partial charge in [0.2, 0.25) is 0 Å². The lowest BCUT2D eigenvalue weighted by atomic mass is 10.3. The number of aromatic nitrogens is 1. The smallest absolute Gasteiger partial charge is 0.243 e. The summed E-state index contributed by atoms with van der Waals surface area (Å²) < 4.78 is 25.9. The second kappa shape index (κ2) is 6.75. The summed E-state index contributed by atoms with van der Waals surface area (Å²) in [6.45, 7) is 1.88. The molecule has 0 spiro atoms. The Morgan fingerprint density at radius 3 is 2.61 bits per heavy atom. The molecule has 0 radical (unpaired) electrons. The van der Waals surface area contributed by atoms with E-state index < -0.39 is 10.0 Å². The summed E-state index contributed by atoms with van der Waals surface area (Å²) in [5.41, 5.74) is 0.801. The highest BCUT2D eigenvalue weighted by Gasteiger charge is 2.26. The van der Waals surface area contributed by atoms with Crippen LogP contribution in [0.15, 0.2) is 23.4 Å². The molecule has 1 aromatic heterocycles. The molecule has 1 atom stereocenters. The number of alkyl halides is 1. The van der Waals surface area contributed by atoms with Crippen molar-refractivity contribution >= 4 is 33.4 Å². The first kappa shape index (κ1) is 15.8. The average Bonchev–Trinajstić information content (AvgIpc) is 2.38. The van der Waals surface area contributed by atoms with Gasteiger partial charge in [-0.05, 0) is 24.8 Å². The van der Waals surface area contributed by atoms with E-state index in [1.807, 2.05) is 13.2 Å². The van der Waals surface area contributed by atoms with Gasteiger partial charge in [-0.15, -0.1) is 11.6 Å². The number of pyridine rings is 1. The molecule has 1 rings (SSSR count).